The Morgan fingerprint density at radius 1 is 0.636 bits per heavy atom. The molecule has 0 spiro atoms. The topological polar surface area (TPSA) is 27.7 Å². The highest BCUT2D eigenvalue weighted by Crippen LogP contribution is 2.56. The molecule has 0 heterocycles. The van der Waals surface area contributed by atoms with E-state index in [-0.39, 0.29) is 0 Å². The number of rotatable bonds is 12. The summed E-state index contributed by atoms with van der Waals surface area (Å²) in [6.45, 7) is -8.89. The van der Waals surface area contributed by atoms with Crippen molar-refractivity contribution >= 4 is 0 Å². The highest BCUT2D eigenvalue weighted by molar-refractivity contribution is 5.30. The minimum atomic E-state index is -6.23. The molecule has 0 bridgehead atoms. The molecule has 0 fully saturated rings. The Bertz CT molecular complexity index is 681. The molecule has 196 valence electrons. The monoisotopic (exact) mass is 530 g/mol. The zero-order valence-electron chi connectivity index (χ0n) is 15.2. The Balaban J connectivity index is 3.51. The molecule has 0 radical (unpaired) electrons. The number of halogens is 16. The lowest BCUT2D eigenvalue weighted by molar-refractivity contribution is -0.383. The third-order valence-corrected chi connectivity index (χ3v) is 3.78. The average molecular weight is 530 g/mol. The number of alkyl halides is 16. The van der Waals surface area contributed by atoms with Crippen LogP contribution in [-0.4, -0.2) is 74.5 Å². The first kappa shape index (κ1) is 29.4. The van der Waals surface area contributed by atoms with Crippen molar-refractivity contribution in [2.75, 3.05) is 19.8 Å². The lowest BCUT2D eigenvalue weighted by atomic mass is 10.1. The maximum absolute atomic E-state index is 14.3. The van der Waals surface area contributed by atoms with Crippen molar-refractivity contribution in [2.24, 2.45) is 0 Å². The molecule has 0 aromatic carbocycles. The lowest BCUT2D eigenvalue weighted by Gasteiger charge is -2.39. The number of allylic oxidation sites excluding steroid dienone is 1. The minimum absolute atomic E-state index is 1.25. The fourth-order valence-electron chi connectivity index (χ4n) is 1.98. The summed E-state index contributed by atoms with van der Waals surface area (Å²) in [5.74, 6) is -36.1. The van der Waals surface area contributed by atoms with Crippen molar-refractivity contribution in [3.63, 3.8) is 0 Å². The second-order valence-electron chi connectivity index (χ2n) is 6.37. The van der Waals surface area contributed by atoms with Crippen LogP contribution in [0.2, 0.25) is 0 Å². The molecule has 1 aliphatic rings. The van der Waals surface area contributed by atoms with Gasteiger partial charge in [-0.3, -0.25) is 0 Å². The van der Waals surface area contributed by atoms with Gasteiger partial charge in [0.25, 0.3) is 0 Å². The second kappa shape index (κ2) is 9.18. The molecule has 0 unspecified atom stereocenters. The zero-order valence-corrected chi connectivity index (χ0v) is 15.2. The van der Waals surface area contributed by atoms with E-state index in [4.69, 9.17) is 0 Å². The third-order valence-electron chi connectivity index (χ3n) is 3.78. The summed E-state index contributed by atoms with van der Waals surface area (Å²) in [4.78, 5) is 0. The van der Waals surface area contributed by atoms with Crippen LogP contribution in [0.4, 0.5) is 70.2 Å². The Labute approximate surface area is 172 Å². The van der Waals surface area contributed by atoms with Crippen LogP contribution in [-0.2, 0) is 14.2 Å². The highest BCUT2D eigenvalue weighted by Gasteiger charge is 2.79. The van der Waals surface area contributed by atoms with Crippen LogP contribution in [0, 0.1) is 0 Å². The maximum atomic E-state index is 14.3. The smallest absolute Gasteiger partial charge is 0.374 e. The summed E-state index contributed by atoms with van der Waals surface area (Å²) in [5, 5.41) is 0. The van der Waals surface area contributed by atoms with E-state index < -0.39 is 86.3 Å². The van der Waals surface area contributed by atoms with Gasteiger partial charge in [-0.15, -0.1) is 0 Å². The normalized spacial score (nSPS) is 20.6. The fraction of sp³-hybridized carbons (Fsp3) is 0.857. The van der Waals surface area contributed by atoms with E-state index in [0.29, 0.717) is 0 Å². The van der Waals surface area contributed by atoms with Gasteiger partial charge in [0.05, 0.1) is 0 Å². The van der Waals surface area contributed by atoms with Gasteiger partial charge in [0.15, 0.2) is 12.4 Å². The summed E-state index contributed by atoms with van der Waals surface area (Å²) in [7, 11) is 0. The molecule has 33 heavy (non-hydrogen) atoms. The Morgan fingerprint density at radius 2 is 0.970 bits per heavy atom. The molecule has 0 saturated carbocycles. The molecule has 0 saturated heterocycles. The standard InChI is InChI=1S/C14H10F16O3/c15-6(16)9(21,22)2-31-5-1-12(27,28)14(29,30)13(5,32-3-10(23,24)7(17)18)33-4-11(25,26)8(19)20/h1,6-8H,2-4H2. The predicted molar refractivity (Wildman–Crippen MR) is 71.4 cm³/mol. The van der Waals surface area contributed by atoms with E-state index in [1.165, 1.54) is 0 Å². The largest absolute Gasteiger partial charge is 0.486 e. The van der Waals surface area contributed by atoms with Gasteiger partial charge in [0.1, 0.15) is 13.2 Å². The van der Waals surface area contributed by atoms with Crippen LogP contribution in [0.15, 0.2) is 11.8 Å². The summed E-state index contributed by atoms with van der Waals surface area (Å²) in [5.41, 5.74) is 0. The first-order valence-corrected chi connectivity index (χ1v) is 7.93. The van der Waals surface area contributed by atoms with E-state index in [9.17, 15) is 70.2 Å². The molecule has 19 heteroatoms. The van der Waals surface area contributed by atoms with Crippen LogP contribution in [0.3, 0.4) is 0 Å². The molecular weight excluding hydrogens is 520 g/mol. The molecule has 0 amide bonds. The van der Waals surface area contributed by atoms with Gasteiger partial charge >= 0.3 is 54.7 Å². The molecule has 0 aromatic heterocycles. The van der Waals surface area contributed by atoms with Gasteiger partial charge in [-0.05, 0) is 0 Å². The average Bonchev–Trinajstić information content (AvgIpc) is 2.79. The van der Waals surface area contributed by atoms with E-state index in [0.717, 1.165) is 0 Å². The van der Waals surface area contributed by atoms with Crippen molar-refractivity contribution in [1.82, 2.24) is 0 Å². The molecule has 0 aliphatic heterocycles. The van der Waals surface area contributed by atoms with Gasteiger partial charge in [0.2, 0.25) is 0 Å². The molecule has 3 nitrogen and oxygen atoms in total. The summed E-state index contributed by atoms with van der Waals surface area (Å²) >= 11 is 0. The van der Waals surface area contributed by atoms with Crippen LogP contribution >= 0.6 is 0 Å². The fourth-order valence-corrected chi connectivity index (χ4v) is 1.98. The van der Waals surface area contributed by atoms with Gasteiger partial charge < -0.3 is 14.2 Å². The summed E-state index contributed by atoms with van der Waals surface area (Å²) in [6.07, 6.45) is -15.4. The van der Waals surface area contributed by atoms with Crippen molar-refractivity contribution in [3.8, 4) is 0 Å². The Kier molecular flexibility index (Phi) is 8.17. The highest BCUT2D eigenvalue weighted by atomic mass is 19.3. The number of hydrogen-bond donors (Lipinski definition) is 0. The van der Waals surface area contributed by atoms with E-state index in [1.807, 2.05) is 0 Å². The third kappa shape index (κ3) is 5.71. The minimum Gasteiger partial charge on any atom is -0.486 e. The molecule has 0 aromatic rings. The SMILES string of the molecule is FC(F)C(F)(F)COC1=CC(F)(F)C(F)(F)C1(OCC(F)(F)C(F)F)OCC(F)(F)C(F)F. The van der Waals surface area contributed by atoms with Crippen molar-refractivity contribution < 1.29 is 84.5 Å². The van der Waals surface area contributed by atoms with Gasteiger partial charge in [-0.25, -0.2) is 26.3 Å². The molecule has 1 aliphatic carbocycles. The summed E-state index contributed by atoms with van der Waals surface area (Å²) in [6, 6.07) is 0. The van der Waals surface area contributed by atoms with Crippen molar-refractivity contribution in [1.29, 1.82) is 0 Å². The van der Waals surface area contributed by atoms with Crippen LogP contribution in [0.1, 0.15) is 0 Å². The van der Waals surface area contributed by atoms with Crippen LogP contribution in [0.25, 0.3) is 0 Å². The second-order valence-corrected chi connectivity index (χ2v) is 6.37. The molecule has 1 rings (SSSR count). The van der Waals surface area contributed by atoms with Gasteiger partial charge in [-0.1, -0.05) is 0 Å². The predicted octanol–water partition coefficient (Wildman–Crippen LogP) is 5.60. The Morgan fingerprint density at radius 3 is 1.30 bits per heavy atom. The Hall–Kier alpha value is -1.66. The first-order valence-electron chi connectivity index (χ1n) is 7.93. The molecular formula is C14H10F16O3. The van der Waals surface area contributed by atoms with Gasteiger partial charge in [0, 0.05) is 6.08 Å². The first-order chi connectivity index (χ1) is 14.6. The summed E-state index contributed by atoms with van der Waals surface area (Å²) < 4.78 is 219. The van der Waals surface area contributed by atoms with Crippen molar-refractivity contribution in [2.45, 2.75) is 54.7 Å². The van der Waals surface area contributed by atoms with Crippen molar-refractivity contribution in [3.05, 3.63) is 11.8 Å². The van der Waals surface area contributed by atoms with E-state index >= 15 is 0 Å². The number of hydrogen-bond acceptors (Lipinski definition) is 3. The molecule has 0 atom stereocenters. The van der Waals surface area contributed by atoms with E-state index in [1.54, 1.807) is 0 Å². The molecule has 0 N–H and O–H groups in total. The van der Waals surface area contributed by atoms with Crippen LogP contribution in [0.5, 0.6) is 0 Å². The lowest BCUT2D eigenvalue weighted by Crippen LogP contribution is -2.60. The van der Waals surface area contributed by atoms with Crippen LogP contribution < -0.4 is 0 Å². The van der Waals surface area contributed by atoms with Gasteiger partial charge in [-0.2, -0.15) is 43.9 Å². The maximum Gasteiger partial charge on any atom is 0.374 e. The number of ether oxygens (including phenoxy) is 3. The van der Waals surface area contributed by atoms with E-state index in [2.05, 4.69) is 14.2 Å². The quantitative estimate of drug-likeness (QED) is 0.243. The zero-order chi connectivity index (χ0) is 26.3.